The second-order valence-electron chi connectivity index (χ2n) is 7.56. The predicted molar refractivity (Wildman–Crippen MR) is 137 cm³/mol. The van der Waals surface area contributed by atoms with Gasteiger partial charge in [0.05, 0.1) is 18.8 Å². The summed E-state index contributed by atoms with van der Waals surface area (Å²) in [6, 6.07) is 15.4. The zero-order valence-corrected chi connectivity index (χ0v) is 20.2. The van der Waals surface area contributed by atoms with Gasteiger partial charge in [-0.25, -0.2) is 19.6 Å². The zero-order chi connectivity index (χ0) is 27.2. The highest BCUT2D eigenvalue weighted by Gasteiger charge is 2.13. The van der Waals surface area contributed by atoms with Gasteiger partial charge in [-0.15, -0.1) is 0 Å². The van der Waals surface area contributed by atoms with Gasteiger partial charge >= 0.3 is 11.9 Å². The lowest BCUT2D eigenvalue weighted by Gasteiger charge is -2.07. The Bertz CT molecular complexity index is 1540. The average Bonchev–Trinajstić information content (AvgIpc) is 2.97. The Hall–Kier alpha value is -5.70. The van der Waals surface area contributed by atoms with Crippen molar-refractivity contribution in [2.45, 2.75) is 12.8 Å². The standard InChI is InChI=1S/C30H20N4O4/c1-2-29(35)37-15-3-4-16-38-30(36)28-17-22(5-6-23-9-13-26(18-31)33-20-23)7-11-25(28)12-8-24-10-14-27(19-32)34-21-24/h2,7,9-11,13-14,17,20-21H,1,3-4,15-16H2. The van der Waals surface area contributed by atoms with Crippen LogP contribution < -0.4 is 0 Å². The Morgan fingerprint density at radius 2 is 1.34 bits per heavy atom. The van der Waals surface area contributed by atoms with Gasteiger partial charge in [0.15, 0.2) is 0 Å². The van der Waals surface area contributed by atoms with Gasteiger partial charge in [-0.05, 0) is 55.3 Å². The highest BCUT2D eigenvalue weighted by molar-refractivity contribution is 5.93. The molecule has 3 rings (SSSR count). The minimum Gasteiger partial charge on any atom is -0.463 e. The number of benzene rings is 1. The lowest BCUT2D eigenvalue weighted by molar-refractivity contribution is -0.137. The molecule has 0 spiro atoms. The molecule has 3 aromatic rings. The number of hydrogen-bond donors (Lipinski definition) is 0. The van der Waals surface area contributed by atoms with Gasteiger partial charge in [0, 0.05) is 40.7 Å². The van der Waals surface area contributed by atoms with Crippen molar-refractivity contribution in [1.82, 2.24) is 9.97 Å². The van der Waals surface area contributed by atoms with Crippen LogP contribution in [0.4, 0.5) is 0 Å². The number of aromatic nitrogens is 2. The average molecular weight is 501 g/mol. The summed E-state index contributed by atoms with van der Waals surface area (Å²) in [6.07, 6.45) is 5.09. The maximum absolute atomic E-state index is 12.9. The van der Waals surface area contributed by atoms with Crippen molar-refractivity contribution in [3.63, 3.8) is 0 Å². The minimum atomic E-state index is -0.570. The first-order valence-corrected chi connectivity index (χ1v) is 11.4. The summed E-state index contributed by atoms with van der Waals surface area (Å²) in [5.74, 6) is 10.8. The molecule has 0 saturated carbocycles. The predicted octanol–water partition coefficient (Wildman–Crippen LogP) is 3.69. The molecule has 8 nitrogen and oxygen atoms in total. The number of pyridine rings is 2. The van der Waals surface area contributed by atoms with Crippen LogP contribution in [0, 0.1) is 46.3 Å². The molecule has 0 atom stereocenters. The normalized spacial score (nSPS) is 9.32. The van der Waals surface area contributed by atoms with Gasteiger partial charge in [0.1, 0.15) is 23.5 Å². The Morgan fingerprint density at radius 3 is 1.89 bits per heavy atom. The molecule has 0 unspecified atom stereocenters. The summed E-state index contributed by atoms with van der Waals surface area (Å²) in [7, 11) is 0. The van der Waals surface area contributed by atoms with Crippen molar-refractivity contribution >= 4 is 11.9 Å². The van der Waals surface area contributed by atoms with Crippen LogP contribution >= 0.6 is 0 Å². The van der Waals surface area contributed by atoms with Crippen LogP contribution in [0.3, 0.4) is 0 Å². The fourth-order valence-electron chi connectivity index (χ4n) is 2.93. The monoisotopic (exact) mass is 500 g/mol. The molecule has 0 amide bonds. The Morgan fingerprint density at radius 1 is 0.789 bits per heavy atom. The van der Waals surface area contributed by atoms with E-state index >= 15 is 0 Å². The number of esters is 2. The van der Waals surface area contributed by atoms with Gasteiger partial charge in [-0.2, -0.15) is 10.5 Å². The van der Waals surface area contributed by atoms with Crippen LogP contribution in [-0.4, -0.2) is 35.1 Å². The molecular weight excluding hydrogens is 480 g/mol. The molecular formula is C30H20N4O4. The van der Waals surface area contributed by atoms with E-state index in [4.69, 9.17) is 20.0 Å². The first kappa shape index (κ1) is 26.9. The first-order chi connectivity index (χ1) is 18.5. The number of rotatable bonds is 7. The number of unbranched alkanes of at least 4 members (excludes halogenated alkanes) is 1. The maximum Gasteiger partial charge on any atom is 0.339 e. The third-order valence-electron chi connectivity index (χ3n) is 4.87. The number of carbonyl (C=O) groups is 2. The molecule has 0 aliphatic heterocycles. The summed E-state index contributed by atoms with van der Waals surface area (Å²) in [6.45, 7) is 3.66. The van der Waals surface area contributed by atoms with E-state index in [0.717, 1.165) is 6.08 Å². The number of hydrogen-bond acceptors (Lipinski definition) is 8. The SMILES string of the molecule is C=CC(=O)OCCCCOC(=O)c1cc(C#Cc2ccc(C#N)nc2)ccc1C#Cc1ccc(C#N)nc1. The lowest BCUT2D eigenvalue weighted by Crippen LogP contribution is -2.10. The maximum atomic E-state index is 12.9. The van der Waals surface area contributed by atoms with E-state index in [1.165, 1.54) is 12.4 Å². The van der Waals surface area contributed by atoms with Gasteiger partial charge < -0.3 is 9.47 Å². The molecule has 2 heterocycles. The van der Waals surface area contributed by atoms with Gasteiger partial charge in [-0.1, -0.05) is 30.3 Å². The fourth-order valence-corrected chi connectivity index (χ4v) is 2.93. The molecule has 0 fully saturated rings. The molecule has 0 radical (unpaired) electrons. The molecule has 8 heteroatoms. The Kier molecular flexibility index (Phi) is 9.91. The highest BCUT2D eigenvalue weighted by atomic mass is 16.5. The second kappa shape index (κ2) is 14.0. The molecule has 0 aliphatic rings. The van der Waals surface area contributed by atoms with Crippen LogP contribution in [0.15, 0.2) is 67.5 Å². The van der Waals surface area contributed by atoms with Gasteiger partial charge in [-0.3, -0.25) is 0 Å². The van der Waals surface area contributed by atoms with Crippen molar-refractivity contribution in [2.75, 3.05) is 13.2 Å². The van der Waals surface area contributed by atoms with E-state index < -0.39 is 11.9 Å². The Balaban J connectivity index is 1.79. The summed E-state index contributed by atoms with van der Waals surface area (Å²) in [5, 5.41) is 17.8. The largest absolute Gasteiger partial charge is 0.463 e. The second-order valence-corrected chi connectivity index (χ2v) is 7.56. The summed E-state index contributed by atoms with van der Waals surface area (Å²) >= 11 is 0. The molecule has 0 N–H and O–H groups in total. The third kappa shape index (κ3) is 8.21. The number of nitriles is 2. The topological polar surface area (TPSA) is 126 Å². The van der Waals surface area contributed by atoms with Crippen LogP contribution in [0.2, 0.25) is 0 Å². The molecule has 2 aromatic heterocycles. The van der Waals surface area contributed by atoms with E-state index in [1.54, 1.807) is 42.5 Å². The zero-order valence-electron chi connectivity index (χ0n) is 20.2. The molecule has 1 aromatic carbocycles. The van der Waals surface area contributed by atoms with Crippen LogP contribution in [-0.2, 0) is 14.3 Å². The van der Waals surface area contributed by atoms with E-state index in [1.807, 2.05) is 12.1 Å². The van der Waals surface area contributed by atoms with Crippen molar-refractivity contribution in [1.29, 1.82) is 10.5 Å². The lowest BCUT2D eigenvalue weighted by atomic mass is 10.0. The van der Waals surface area contributed by atoms with Crippen molar-refractivity contribution in [3.8, 4) is 35.8 Å². The van der Waals surface area contributed by atoms with Crippen LogP contribution in [0.1, 0.15) is 56.8 Å². The number of ether oxygens (including phenoxy) is 2. The van der Waals surface area contributed by atoms with Crippen molar-refractivity contribution < 1.29 is 19.1 Å². The van der Waals surface area contributed by atoms with E-state index in [9.17, 15) is 9.59 Å². The number of carbonyl (C=O) groups excluding carboxylic acids is 2. The van der Waals surface area contributed by atoms with E-state index in [2.05, 4.69) is 40.2 Å². The molecule has 184 valence electrons. The van der Waals surface area contributed by atoms with E-state index in [-0.39, 0.29) is 24.5 Å². The van der Waals surface area contributed by atoms with Crippen LogP contribution in [0.5, 0.6) is 0 Å². The molecule has 0 bridgehead atoms. The third-order valence-corrected chi connectivity index (χ3v) is 4.87. The van der Waals surface area contributed by atoms with Gasteiger partial charge in [0.2, 0.25) is 0 Å². The highest BCUT2D eigenvalue weighted by Crippen LogP contribution is 2.14. The van der Waals surface area contributed by atoms with Crippen molar-refractivity contribution in [2.24, 2.45) is 0 Å². The van der Waals surface area contributed by atoms with Crippen LogP contribution in [0.25, 0.3) is 0 Å². The number of nitrogens with zero attached hydrogens (tertiary/aromatic N) is 4. The van der Waals surface area contributed by atoms with Gasteiger partial charge in [0.25, 0.3) is 0 Å². The Labute approximate surface area is 220 Å². The molecule has 0 aliphatic carbocycles. The molecule has 0 saturated heterocycles. The first-order valence-electron chi connectivity index (χ1n) is 11.4. The smallest absolute Gasteiger partial charge is 0.339 e. The van der Waals surface area contributed by atoms with Crippen molar-refractivity contribution in [3.05, 3.63) is 107 Å². The quantitative estimate of drug-likeness (QED) is 0.208. The summed E-state index contributed by atoms with van der Waals surface area (Å²) in [4.78, 5) is 32.0. The van der Waals surface area contributed by atoms with E-state index in [0.29, 0.717) is 40.8 Å². The fraction of sp³-hybridized carbons (Fsp3) is 0.133. The summed E-state index contributed by atoms with van der Waals surface area (Å²) < 4.78 is 10.3. The minimum absolute atomic E-state index is 0.129. The summed E-state index contributed by atoms with van der Waals surface area (Å²) in [5.41, 5.74) is 2.99. The molecule has 38 heavy (non-hydrogen) atoms.